The Kier molecular flexibility index (Phi) is 6.05. The summed E-state index contributed by atoms with van der Waals surface area (Å²) < 4.78 is 0. The first-order valence-electron chi connectivity index (χ1n) is 8.47. The second-order valence-corrected chi connectivity index (χ2v) is 7.94. The van der Waals surface area contributed by atoms with Crippen molar-refractivity contribution in [1.29, 1.82) is 5.41 Å². The van der Waals surface area contributed by atoms with Crippen molar-refractivity contribution in [2.24, 2.45) is 0 Å². The van der Waals surface area contributed by atoms with E-state index in [2.05, 4.69) is 22.3 Å². The molecule has 1 amide bonds. The predicted octanol–water partition coefficient (Wildman–Crippen LogP) is 4.10. The van der Waals surface area contributed by atoms with Gasteiger partial charge in [0.05, 0.1) is 10.6 Å². The van der Waals surface area contributed by atoms with Crippen LogP contribution in [0.5, 0.6) is 0 Å². The lowest BCUT2D eigenvalue weighted by molar-refractivity contribution is 0.149. The number of amidine groups is 1. The molecule has 1 aliphatic heterocycles. The number of fused-ring (bicyclic) bond motifs is 1. The Labute approximate surface area is 161 Å². The van der Waals surface area contributed by atoms with Gasteiger partial charge in [-0.15, -0.1) is 23.1 Å². The van der Waals surface area contributed by atoms with Crippen LogP contribution in [0.1, 0.15) is 11.8 Å². The molecule has 1 aliphatic rings. The summed E-state index contributed by atoms with van der Waals surface area (Å²) >= 11 is 3.35. The molecule has 0 spiro atoms. The van der Waals surface area contributed by atoms with E-state index in [1.165, 1.54) is 21.1 Å². The molecule has 3 N–H and O–H groups in total. The third-order valence-corrected chi connectivity index (χ3v) is 6.18. The normalized spacial score (nSPS) is 13.2. The van der Waals surface area contributed by atoms with Gasteiger partial charge in [0.15, 0.2) is 0 Å². The maximum atomic E-state index is 11.2. The number of carbonyl (C=O) groups is 1. The lowest BCUT2D eigenvalue weighted by Crippen LogP contribution is -2.39. The van der Waals surface area contributed by atoms with E-state index in [4.69, 9.17) is 5.41 Å². The van der Waals surface area contributed by atoms with Crippen LogP contribution in [0.15, 0.2) is 40.6 Å². The van der Waals surface area contributed by atoms with E-state index in [1.54, 1.807) is 0 Å². The van der Waals surface area contributed by atoms with Gasteiger partial charge in [0, 0.05) is 42.5 Å². The third kappa shape index (κ3) is 4.31. The van der Waals surface area contributed by atoms with Crippen LogP contribution in [-0.4, -0.2) is 53.9 Å². The van der Waals surface area contributed by atoms with E-state index in [9.17, 15) is 9.90 Å². The second kappa shape index (κ2) is 8.46. The Morgan fingerprint density at radius 1 is 1.42 bits per heavy atom. The van der Waals surface area contributed by atoms with Gasteiger partial charge in [-0.2, -0.15) is 0 Å². The first-order chi connectivity index (χ1) is 12.6. The molecule has 0 fully saturated rings. The molecule has 6 nitrogen and oxygen atoms in total. The number of likely N-dealkylation sites (N-methyl/N-ethyl adjacent to an activating group) is 1. The standard InChI is InChI=1S/C18H22N4O2S2/c1-2-21(18(23)24)7-8-22-9-11-26-15-6-5-13(12-14(15)22)20-17(19)16-4-3-10-25-16/h3-6,10,12H,2,7-9,11H2,1H3,(H2,19,20)(H,23,24). The van der Waals surface area contributed by atoms with Crippen molar-refractivity contribution in [1.82, 2.24) is 4.90 Å². The molecule has 0 bridgehead atoms. The number of nitrogens with one attached hydrogen (secondary N) is 2. The molecule has 0 unspecified atom stereocenters. The van der Waals surface area contributed by atoms with E-state index in [0.29, 0.717) is 25.5 Å². The highest BCUT2D eigenvalue weighted by Gasteiger charge is 2.20. The molecule has 1 aromatic heterocycles. The predicted molar refractivity (Wildman–Crippen MR) is 109 cm³/mol. The maximum absolute atomic E-state index is 11.2. The van der Waals surface area contributed by atoms with Crippen molar-refractivity contribution in [2.75, 3.05) is 42.1 Å². The topological polar surface area (TPSA) is 79.7 Å². The molecule has 0 radical (unpaired) electrons. The van der Waals surface area contributed by atoms with E-state index in [0.717, 1.165) is 28.5 Å². The molecule has 8 heteroatoms. The summed E-state index contributed by atoms with van der Waals surface area (Å²) in [6, 6.07) is 9.98. The summed E-state index contributed by atoms with van der Waals surface area (Å²) in [7, 11) is 0. The second-order valence-electron chi connectivity index (χ2n) is 5.86. The van der Waals surface area contributed by atoms with Crippen LogP contribution in [0.3, 0.4) is 0 Å². The van der Waals surface area contributed by atoms with Crippen molar-refractivity contribution in [3.8, 4) is 0 Å². The number of hydrogen-bond acceptors (Lipinski definition) is 5. The number of benzene rings is 1. The van der Waals surface area contributed by atoms with Crippen LogP contribution in [0.2, 0.25) is 0 Å². The quantitative estimate of drug-likeness (QED) is 0.511. The number of rotatable bonds is 6. The first-order valence-corrected chi connectivity index (χ1v) is 10.3. The minimum Gasteiger partial charge on any atom is -0.465 e. The lowest BCUT2D eigenvalue weighted by atomic mass is 10.2. The lowest BCUT2D eigenvalue weighted by Gasteiger charge is -2.32. The van der Waals surface area contributed by atoms with Gasteiger partial charge in [0.25, 0.3) is 0 Å². The Morgan fingerprint density at radius 3 is 2.96 bits per heavy atom. The van der Waals surface area contributed by atoms with Crippen LogP contribution < -0.4 is 10.2 Å². The fraction of sp³-hybridized carbons (Fsp3) is 0.333. The monoisotopic (exact) mass is 390 g/mol. The number of amides is 1. The van der Waals surface area contributed by atoms with Crippen LogP contribution >= 0.6 is 23.1 Å². The van der Waals surface area contributed by atoms with Gasteiger partial charge in [0.2, 0.25) is 0 Å². The molecule has 0 saturated carbocycles. The molecule has 0 atom stereocenters. The zero-order valence-corrected chi connectivity index (χ0v) is 16.2. The molecule has 2 aromatic rings. The number of anilines is 2. The van der Waals surface area contributed by atoms with Crippen LogP contribution in [-0.2, 0) is 0 Å². The van der Waals surface area contributed by atoms with Gasteiger partial charge in [-0.05, 0) is 36.6 Å². The summed E-state index contributed by atoms with van der Waals surface area (Å²) in [5.41, 5.74) is 1.98. The molecule has 26 heavy (non-hydrogen) atoms. The summed E-state index contributed by atoms with van der Waals surface area (Å²) in [6.07, 6.45) is -0.876. The van der Waals surface area contributed by atoms with E-state index >= 15 is 0 Å². The van der Waals surface area contributed by atoms with Crippen molar-refractivity contribution < 1.29 is 9.90 Å². The molecular formula is C18H22N4O2S2. The Hall–Kier alpha value is -2.19. The zero-order chi connectivity index (χ0) is 18.5. The highest BCUT2D eigenvalue weighted by atomic mass is 32.2. The molecular weight excluding hydrogens is 368 g/mol. The van der Waals surface area contributed by atoms with Crippen LogP contribution in [0.4, 0.5) is 16.2 Å². The first kappa shape index (κ1) is 18.6. The number of thioether (sulfide) groups is 1. The fourth-order valence-electron chi connectivity index (χ4n) is 2.84. The number of carboxylic acid groups (broad SMARTS) is 1. The maximum Gasteiger partial charge on any atom is 0.407 e. The Balaban J connectivity index is 1.73. The van der Waals surface area contributed by atoms with Crippen LogP contribution in [0.25, 0.3) is 0 Å². The Bertz CT molecular complexity index is 780. The van der Waals surface area contributed by atoms with Gasteiger partial charge in [-0.25, -0.2) is 4.79 Å². The summed E-state index contributed by atoms with van der Waals surface area (Å²) in [4.78, 5) is 17.0. The van der Waals surface area contributed by atoms with Gasteiger partial charge in [-0.3, -0.25) is 5.41 Å². The SMILES string of the molecule is CCN(CCN1CCSc2ccc(NC(=N)c3cccs3)cc21)C(=O)O. The van der Waals surface area contributed by atoms with Crippen molar-refractivity contribution in [3.63, 3.8) is 0 Å². The molecule has 3 rings (SSSR count). The smallest absolute Gasteiger partial charge is 0.407 e. The average Bonchev–Trinajstić information content (AvgIpc) is 3.17. The van der Waals surface area contributed by atoms with Gasteiger partial charge in [-0.1, -0.05) is 6.07 Å². The highest BCUT2D eigenvalue weighted by molar-refractivity contribution is 7.99. The molecule has 1 aromatic carbocycles. The summed E-state index contributed by atoms with van der Waals surface area (Å²) in [5, 5.41) is 22.5. The van der Waals surface area contributed by atoms with E-state index in [-0.39, 0.29) is 0 Å². The highest BCUT2D eigenvalue weighted by Crippen LogP contribution is 2.36. The molecule has 0 saturated heterocycles. The summed E-state index contributed by atoms with van der Waals surface area (Å²) in [6.45, 7) is 4.38. The van der Waals surface area contributed by atoms with Crippen molar-refractivity contribution >= 4 is 46.4 Å². The zero-order valence-electron chi connectivity index (χ0n) is 14.6. The molecule has 138 valence electrons. The van der Waals surface area contributed by atoms with Crippen molar-refractivity contribution in [3.05, 3.63) is 40.6 Å². The third-order valence-electron chi connectivity index (χ3n) is 4.25. The van der Waals surface area contributed by atoms with E-state index < -0.39 is 6.09 Å². The molecule has 2 heterocycles. The summed E-state index contributed by atoms with van der Waals surface area (Å²) in [5.74, 6) is 1.38. The van der Waals surface area contributed by atoms with Crippen molar-refractivity contribution in [2.45, 2.75) is 11.8 Å². The van der Waals surface area contributed by atoms with E-state index in [1.807, 2.05) is 42.3 Å². The fourth-order valence-corrected chi connectivity index (χ4v) is 4.50. The molecule has 0 aliphatic carbocycles. The minimum atomic E-state index is -0.876. The van der Waals surface area contributed by atoms with Gasteiger partial charge >= 0.3 is 6.09 Å². The van der Waals surface area contributed by atoms with Crippen LogP contribution in [0, 0.1) is 5.41 Å². The largest absolute Gasteiger partial charge is 0.465 e. The average molecular weight is 391 g/mol. The number of nitrogens with zero attached hydrogens (tertiary/aromatic N) is 2. The Morgan fingerprint density at radius 2 is 2.27 bits per heavy atom. The number of hydrogen-bond donors (Lipinski definition) is 3. The van der Waals surface area contributed by atoms with Gasteiger partial charge < -0.3 is 20.2 Å². The minimum absolute atomic E-state index is 0.387. The van der Waals surface area contributed by atoms with Gasteiger partial charge in [0.1, 0.15) is 5.84 Å². The number of thiophene rings is 1.